The molecule has 4 rings (SSSR count). The second kappa shape index (κ2) is 5.26. The van der Waals surface area contributed by atoms with Crippen LogP contribution in [-0.4, -0.2) is 38.3 Å². The molecule has 1 atom stereocenters. The van der Waals surface area contributed by atoms with Gasteiger partial charge in [-0.25, -0.2) is 4.99 Å². The molecule has 5 heteroatoms. The first-order chi connectivity index (χ1) is 11.2. The standard InChI is InChI=1S/C18H18N2O3/c1-21-14-4-3-10-5-6-20-13-8-11-7-12(19)16(22-2)9-15(11)23-18(14)17(10)13/h3-4,7,9,15,19H,5-6,8H2,1-2H3/p+1/t15-/m1/s1. The summed E-state index contributed by atoms with van der Waals surface area (Å²) in [6, 6.07) is 4.08. The van der Waals surface area contributed by atoms with E-state index in [1.807, 2.05) is 18.2 Å². The molecule has 0 aromatic heterocycles. The van der Waals surface area contributed by atoms with Gasteiger partial charge in [-0.15, -0.1) is 0 Å². The van der Waals surface area contributed by atoms with Crippen molar-refractivity contribution in [3.63, 3.8) is 0 Å². The molecule has 0 fully saturated rings. The number of ether oxygens (including phenoxy) is 3. The lowest BCUT2D eigenvalue weighted by Gasteiger charge is -2.22. The summed E-state index contributed by atoms with van der Waals surface area (Å²) in [6.45, 7) is 0.919. The highest BCUT2D eigenvalue weighted by atomic mass is 16.5. The first kappa shape index (κ1) is 14.1. The van der Waals surface area contributed by atoms with Gasteiger partial charge in [0, 0.05) is 12.5 Å². The van der Waals surface area contributed by atoms with Gasteiger partial charge in [0.25, 0.3) is 0 Å². The van der Waals surface area contributed by atoms with E-state index in [9.17, 15) is 0 Å². The molecule has 23 heavy (non-hydrogen) atoms. The van der Waals surface area contributed by atoms with E-state index in [0.717, 1.165) is 47.7 Å². The summed E-state index contributed by atoms with van der Waals surface area (Å²) in [5, 5.41) is 8.08. The zero-order valence-electron chi connectivity index (χ0n) is 13.2. The number of methoxy groups -OCH3 is 2. The van der Waals surface area contributed by atoms with Crippen LogP contribution in [0.2, 0.25) is 0 Å². The van der Waals surface area contributed by atoms with Gasteiger partial charge in [-0.2, -0.15) is 0 Å². The summed E-state index contributed by atoms with van der Waals surface area (Å²) in [5.41, 5.74) is 4.99. The van der Waals surface area contributed by atoms with Crippen LogP contribution in [0.25, 0.3) is 0 Å². The van der Waals surface area contributed by atoms with Gasteiger partial charge in [-0.05, 0) is 23.3 Å². The molecule has 0 amide bonds. The normalized spacial score (nSPS) is 21.7. The van der Waals surface area contributed by atoms with Crippen LogP contribution in [0.5, 0.6) is 11.5 Å². The lowest BCUT2D eigenvalue weighted by Crippen LogP contribution is -2.75. The van der Waals surface area contributed by atoms with Crippen LogP contribution >= 0.6 is 0 Å². The molecule has 118 valence electrons. The summed E-state index contributed by atoms with van der Waals surface area (Å²) in [4.78, 5) is 3.50. The highest BCUT2D eigenvalue weighted by Crippen LogP contribution is 2.40. The average Bonchev–Trinajstić information content (AvgIpc) is 2.72. The summed E-state index contributed by atoms with van der Waals surface area (Å²) in [7, 11) is 3.24. The van der Waals surface area contributed by atoms with E-state index < -0.39 is 0 Å². The van der Waals surface area contributed by atoms with E-state index in [1.54, 1.807) is 14.2 Å². The van der Waals surface area contributed by atoms with Crippen molar-refractivity contribution in [3.8, 4) is 11.5 Å². The maximum absolute atomic E-state index is 8.08. The Morgan fingerprint density at radius 2 is 2.13 bits per heavy atom. The number of nitrogens with one attached hydrogen (secondary N) is 2. The van der Waals surface area contributed by atoms with E-state index in [4.69, 9.17) is 19.6 Å². The Balaban J connectivity index is 1.89. The van der Waals surface area contributed by atoms with Gasteiger partial charge in [-0.1, -0.05) is 6.07 Å². The molecule has 0 saturated carbocycles. The highest BCUT2D eigenvalue weighted by Gasteiger charge is 2.35. The van der Waals surface area contributed by atoms with Crippen LogP contribution in [0, 0.1) is 5.41 Å². The third-order valence-corrected chi connectivity index (χ3v) is 4.57. The molecule has 0 radical (unpaired) electrons. The largest absolute Gasteiger partial charge is 0.495 e. The number of benzene rings is 1. The van der Waals surface area contributed by atoms with Gasteiger partial charge in [0.15, 0.2) is 17.2 Å². The third kappa shape index (κ3) is 2.15. The Morgan fingerprint density at radius 1 is 1.26 bits per heavy atom. The number of hydrogen-bond acceptors (Lipinski definition) is 4. The predicted octanol–water partition coefficient (Wildman–Crippen LogP) is 0.762. The molecule has 2 heterocycles. The van der Waals surface area contributed by atoms with Crippen LogP contribution in [0.15, 0.2) is 35.6 Å². The Bertz CT molecular complexity index is 790. The lowest BCUT2D eigenvalue weighted by atomic mass is 9.90. The fourth-order valence-electron chi connectivity index (χ4n) is 3.45. The molecule has 0 spiro atoms. The Morgan fingerprint density at radius 3 is 2.91 bits per heavy atom. The van der Waals surface area contributed by atoms with Crippen molar-refractivity contribution in [3.05, 3.63) is 46.7 Å². The van der Waals surface area contributed by atoms with Crippen LogP contribution in [-0.2, 0) is 11.2 Å². The first-order valence-electron chi connectivity index (χ1n) is 7.73. The predicted molar refractivity (Wildman–Crippen MR) is 86.6 cm³/mol. The Labute approximate surface area is 134 Å². The minimum Gasteiger partial charge on any atom is -0.495 e. The van der Waals surface area contributed by atoms with E-state index in [1.165, 1.54) is 5.56 Å². The van der Waals surface area contributed by atoms with Crippen molar-refractivity contribution < 1.29 is 19.2 Å². The molecule has 0 unspecified atom stereocenters. The molecular weight excluding hydrogens is 292 g/mol. The van der Waals surface area contributed by atoms with Crippen LogP contribution in [0.1, 0.15) is 17.5 Å². The number of rotatable bonds is 2. The molecule has 2 N–H and O–H groups in total. The third-order valence-electron chi connectivity index (χ3n) is 4.57. The summed E-state index contributed by atoms with van der Waals surface area (Å²) < 4.78 is 17.1. The van der Waals surface area contributed by atoms with Crippen molar-refractivity contribution >= 4 is 11.4 Å². The minimum absolute atomic E-state index is 0.237. The molecule has 1 aromatic rings. The highest BCUT2D eigenvalue weighted by molar-refractivity contribution is 6.09. The molecule has 2 aliphatic heterocycles. The average molecular weight is 311 g/mol. The summed E-state index contributed by atoms with van der Waals surface area (Å²) in [6.07, 6.45) is 5.20. The molecule has 1 aromatic carbocycles. The fraction of sp³-hybridized carbons (Fsp3) is 0.333. The molecular formula is C18H19N2O3+. The zero-order valence-corrected chi connectivity index (χ0v) is 13.2. The molecule has 3 aliphatic rings. The van der Waals surface area contributed by atoms with Crippen LogP contribution in [0.3, 0.4) is 0 Å². The van der Waals surface area contributed by atoms with E-state index in [2.05, 4.69) is 11.1 Å². The lowest BCUT2D eigenvalue weighted by molar-refractivity contribution is -0.458. The number of hydrogen-bond donors (Lipinski definition) is 2. The van der Waals surface area contributed by atoms with E-state index >= 15 is 0 Å². The second-order valence-corrected chi connectivity index (χ2v) is 5.87. The van der Waals surface area contributed by atoms with Gasteiger partial charge in [-0.3, -0.25) is 5.41 Å². The van der Waals surface area contributed by atoms with Crippen LogP contribution in [0.4, 0.5) is 0 Å². The number of allylic oxidation sites excluding steroid dienone is 1. The van der Waals surface area contributed by atoms with Gasteiger partial charge < -0.3 is 14.2 Å². The SMILES string of the molecule is COC1=C[C@H]2Oc3c(OC)ccc4c3C(=[NH+]CC4)CC2=CC1=N. The topological polar surface area (TPSA) is 65.5 Å². The summed E-state index contributed by atoms with van der Waals surface area (Å²) in [5.74, 6) is 2.06. The number of fused-ring (bicyclic) bond motifs is 1. The first-order valence-corrected chi connectivity index (χ1v) is 7.73. The monoisotopic (exact) mass is 311 g/mol. The van der Waals surface area contributed by atoms with Gasteiger partial charge in [0.1, 0.15) is 18.4 Å². The Kier molecular flexibility index (Phi) is 3.22. The molecule has 0 saturated heterocycles. The van der Waals surface area contributed by atoms with Gasteiger partial charge in [0.2, 0.25) is 0 Å². The van der Waals surface area contributed by atoms with Crippen LogP contribution < -0.4 is 14.5 Å². The van der Waals surface area contributed by atoms with Crippen molar-refractivity contribution in [2.75, 3.05) is 20.8 Å². The molecule has 1 aliphatic carbocycles. The summed E-state index contributed by atoms with van der Waals surface area (Å²) >= 11 is 0. The smallest absolute Gasteiger partial charge is 0.190 e. The maximum atomic E-state index is 8.08. The van der Waals surface area contributed by atoms with Gasteiger partial charge in [0.05, 0.1) is 31.9 Å². The molecule has 5 nitrogen and oxygen atoms in total. The van der Waals surface area contributed by atoms with E-state index in [0.29, 0.717) is 11.5 Å². The minimum atomic E-state index is -0.237. The Hall–Kier alpha value is -2.56. The van der Waals surface area contributed by atoms with E-state index in [-0.39, 0.29) is 6.10 Å². The zero-order chi connectivity index (χ0) is 16.0. The van der Waals surface area contributed by atoms with Crippen molar-refractivity contribution in [1.82, 2.24) is 0 Å². The van der Waals surface area contributed by atoms with Crippen molar-refractivity contribution in [2.24, 2.45) is 0 Å². The van der Waals surface area contributed by atoms with Crippen molar-refractivity contribution in [1.29, 1.82) is 5.41 Å². The quantitative estimate of drug-likeness (QED) is 0.847. The maximum Gasteiger partial charge on any atom is 0.190 e. The van der Waals surface area contributed by atoms with Crippen molar-refractivity contribution in [2.45, 2.75) is 18.9 Å². The molecule has 0 bridgehead atoms. The fourth-order valence-corrected chi connectivity index (χ4v) is 3.45. The van der Waals surface area contributed by atoms with Gasteiger partial charge >= 0.3 is 0 Å². The second-order valence-electron chi connectivity index (χ2n) is 5.87.